The van der Waals surface area contributed by atoms with E-state index in [1.54, 1.807) is 6.92 Å². The maximum absolute atomic E-state index is 12.0. The number of ether oxygens (including phenoxy) is 1. The van der Waals surface area contributed by atoms with E-state index in [0.717, 1.165) is 16.9 Å². The second-order valence-corrected chi connectivity index (χ2v) is 5.53. The average molecular weight is 331 g/mol. The Kier molecular flexibility index (Phi) is 5.63. The van der Waals surface area contributed by atoms with Crippen molar-refractivity contribution >= 4 is 11.9 Å². The number of hydrogen-bond donors (Lipinski definition) is 2. The first-order chi connectivity index (χ1) is 11.4. The average Bonchev–Trinajstić information content (AvgIpc) is 2.95. The third-order valence-electron chi connectivity index (χ3n) is 3.44. The van der Waals surface area contributed by atoms with Crippen LogP contribution < -0.4 is 10.1 Å². The molecule has 0 aliphatic heterocycles. The van der Waals surface area contributed by atoms with Crippen LogP contribution in [0, 0.1) is 13.8 Å². The number of benzene rings is 1. The van der Waals surface area contributed by atoms with Crippen molar-refractivity contribution in [2.75, 3.05) is 13.2 Å². The lowest BCUT2D eigenvalue weighted by Crippen LogP contribution is -2.27. The number of carboxylic acids is 1. The van der Waals surface area contributed by atoms with Crippen molar-refractivity contribution in [1.29, 1.82) is 0 Å². The van der Waals surface area contributed by atoms with Crippen LogP contribution >= 0.6 is 0 Å². The van der Waals surface area contributed by atoms with Gasteiger partial charge in [-0.2, -0.15) is 0 Å². The summed E-state index contributed by atoms with van der Waals surface area (Å²) in [6, 6.07) is 7.15. The number of carbonyl (C=O) groups excluding carboxylic acids is 1. The number of aryl methyl sites for hydroxylation is 3. The highest BCUT2D eigenvalue weighted by atomic mass is 16.5. The van der Waals surface area contributed by atoms with Crippen molar-refractivity contribution in [2.24, 2.45) is 0 Å². The van der Waals surface area contributed by atoms with Crippen LogP contribution in [-0.4, -0.2) is 30.1 Å². The molecule has 0 spiro atoms. The largest absolute Gasteiger partial charge is 0.492 e. The minimum absolute atomic E-state index is 0.00403. The first-order valence-corrected chi connectivity index (χ1v) is 7.76. The molecule has 0 aliphatic rings. The van der Waals surface area contributed by atoms with Gasteiger partial charge in [0.25, 0.3) is 5.91 Å². The number of rotatable bonds is 7. The molecule has 0 saturated heterocycles. The molecule has 0 unspecified atom stereocenters. The minimum atomic E-state index is -1.10. The molecule has 2 aromatic rings. The minimum Gasteiger partial charge on any atom is -0.492 e. The predicted octanol–water partition coefficient (Wildman–Crippen LogP) is 2.97. The summed E-state index contributed by atoms with van der Waals surface area (Å²) in [4.78, 5) is 23.1. The number of nitrogens with one attached hydrogen (secondary N) is 1. The van der Waals surface area contributed by atoms with Crippen LogP contribution in [0.3, 0.4) is 0 Å². The summed E-state index contributed by atoms with van der Waals surface area (Å²) in [6.45, 7) is 6.34. The third kappa shape index (κ3) is 4.38. The Morgan fingerprint density at radius 3 is 2.38 bits per heavy atom. The lowest BCUT2D eigenvalue weighted by Gasteiger charge is -2.08. The van der Waals surface area contributed by atoms with Crippen molar-refractivity contribution in [3.63, 3.8) is 0 Å². The topological polar surface area (TPSA) is 88.8 Å². The Bertz CT molecular complexity index is 728. The normalized spacial score (nSPS) is 10.5. The second-order valence-electron chi connectivity index (χ2n) is 5.53. The van der Waals surface area contributed by atoms with Crippen LogP contribution in [-0.2, 0) is 6.42 Å². The van der Waals surface area contributed by atoms with Crippen LogP contribution in [0.15, 0.2) is 28.7 Å². The van der Waals surface area contributed by atoms with Gasteiger partial charge < -0.3 is 19.6 Å². The van der Waals surface area contributed by atoms with Gasteiger partial charge in [-0.3, -0.25) is 4.79 Å². The molecule has 1 heterocycles. The molecule has 0 bridgehead atoms. The van der Waals surface area contributed by atoms with Crippen molar-refractivity contribution < 1.29 is 23.8 Å². The fraction of sp³-hybridized carbons (Fsp3) is 0.333. The highest BCUT2D eigenvalue weighted by Gasteiger charge is 2.19. The summed E-state index contributed by atoms with van der Waals surface area (Å²) in [5.74, 6) is -0.523. The van der Waals surface area contributed by atoms with E-state index in [2.05, 4.69) is 11.4 Å². The van der Waals surface area contributed by atoms with Crippen molar-refractivity contribution in [2.45, 2.75) is 27.2 Å². The van der Waals surface area contributed by atoms with Gasteiger partial charge in [0.2, 0.25) is 0 Å². The second kappa shape index (κ2) is 7.68. The van der Waals surface area contributed by atoms with Gasteiger partial charge in [0.1, 0.15) is 23.7 Å². The fourth-order valence-corrected chi connectivity index (χ4v) is 2.42. The van der Waals surface area contributed by atoms with E-state index in [1.165, 1.54) is 6.07 Å². The molecule has 2 rings (SSSR count). The molecule has 24 heavy (non-hydrogen) atoms. The molecule has 0 fully saturated rings. The van der Waals surface area contributed by atoms with E-state index >= 15 is 0 Å². The molecular weight excluding hydrogens is 310 g/mol. The monoisotopic (exact) mass is 331 g/mol. The third-order valence-corrected chi connectivity index (χ3v) is 3.44. The molecule has 6 heteroatoms. The van der Waals surface area contributed by atoms with Crippen molar-refractivity contribution in [1.82, 2.24) is 5.32 Å². The van der Waals surface area contributed by atoms with Gasteiger partial charge in [-0.25, -0.2) is 4.79 Å². The zero-order valence-corrected chi connectivity index (χ0v) is 14.0. The molecule has 1 aromatic heterocycles. The van der Waals surface area contributed by atoms with E-state index in [-0.39, 0.29) is 17.9 Å². The van der Waals surface area contributed by atoms with E-state index in [4.69, 9.17) is 14.3 Å². The lowest BCUT2D eigenvalue weighted by molar-refractivity contribution is 0.0694. The quantitative estimate of drug-likeness (QED) is 0.762. The summed E-state index contributed by atoms with van der Waals surface area (Å²) in [6.07, 6.45) is 0.407. The molecular formula is C18H21NO5. The zero-order valence-electron chi connectivity index (χ0n) is 14.0. The van der Waals surface area contributed by atoms with Crippen LogP contribution in [0.5, 0.6) is 5.75 Å². The predicted molar refractivity (Wildman–Crippen MR) is 88.8 cm³/mol. The Balaban J connectivity index is 1.88. The first kappa shape index (κ1) is 17.6. The standard InChI is InChI=1S/C18H21NO5/c1-4-15-14(18(21)22)10-16(24-15)17(20)19-5-6-23-13-8-11(2)7-12(3)9-13/h7-10H,4-6H2,1-3H3,(H,19,20)(H,21,22). The Labute approximate surface area is 140 Å². The molecule has 0 radical (unpaired) electrons. The van der Waals surface area contributed by atoms with Gasteiger partial charge in [-0.15, -0.1) is 0 Å². The van der Waals surface area contributed by atoms with Crippen molar-refractivity contribution in [3.05, 3.63) is 52.5 Å². The number of aromatic carboxylic acids is 1. The van der Waals surface area contributed by atoms with Crippen LogP contribution in [0.4, 0.5) is 0 Å². The molecule has 2 N–H and O–H groups in total. The smallest absolute Gasteiger partial charge is 0.339 e. The van der Waals surface area contributed by atoms with Gasteiger partial charge in [0, 0.05) is 12.5 Å². The summed E-state index contributed by atoms with van der Waals surface area (Å²) in [7, 11) is 0. The Morgan fingerprint density at radius 1 is 1.17 bits per heavy atom. The van der Waals surface area contributed by atoms with Gasteiger partial charge in [-0.1, -0.05) is 13.0 Å². The summed E-state index contributed by atoms with van der Waals surface area (Å²) in [5, 5.41) is 11.7. The van der Waals surface area contributed by atoms with E-state index in [9.17, 15) is 9.59 Å². The van der Waals surface area contributed by atoms with Crippen LogP contribution in [0.1, 0.15) is 44.7 Å². The SMILES string of the molecule is CCc1oc(C(=O)NCCOc2cc(C)cc(C)c2)cc1C(=O)O. The molecule has 1 amide bonds. The highest BCUT2D eigenvalue weighted by molar-refractivity contribution is 5.96. The summed E-state index contributed by atoms with van der Waals surface area (Å²) >= 11 is 0. The van der Waals surface area contributed by atoms with Gasteiger partial charge in [0.15, 0.2) is 5.76 Å². The number of hydrogen-bond acceptors (Lipinski definition) is 4. The Morgan fingerprint density at radius 2 is 1.83 bits per heavy atom. The van der Waals surface area contributed by atoms with Gasteiger partial charge in [0.05, 0.1) is 6.54 Å². The van der Waals surface area contributed by atoms with Crippen LogP contribution in [0.2, 0.25) is 0 Å². The molecule has 1 aromatic carbocycles. The molecule has 0 aliphatic carbocycles. The number of amides is 1. The van der Waals surface area contributed by atoms with Crippen molar-refractivity contribution in [3.8, 4) is 5.75 Å². The maximum Gasteiger partial charge on any atom is 0.339 e. The molecule has 0 saturated carbocycles. The lowest BCUT2D eigenvalue weighted by atomic mass is 10.1. The summed E-state index contributed by atoms with van der Waals surface area (Å²) in [5.41, 5.74) is 2.24. The summed E-state index contributed by atoms with van der Waals surface area (Å²) < 4.78 is 10.9. The van der Waals surface area contributed by atoms with Gasteiger partial charge >= 0.3 is 5.97 Å². The van der Waals surface area contributed by atoms with Crippen LogP contribution in [0.25, 0.3) is 0 Å². The zero-order chi connectivity index (χ0) is 17.7. The molecule has 6 nitrogen and oxygen atoms in total. The van der Waals surface area contributed by atoms with E-state index < -0.39 is 11.9 Å². The van der Waals surface area contributed by atoms with Gasteiger partial charge in [-0.05, 0) is 37.1 Å². The molecule has 0 atom stereocenters. The fourth-order valence-electron chi connectivity index (χ4n) is 2.42. The number of carbonyl (C=O) groups is 2. The Hall–Kier alpha value is -2.76. The van der Waals surface area contributed by atoms with E-state index in [0.29, 0.717) is 18.8 Å². The number of furan rings is 1. The number of carboxylic acid groups (broad SMARTS) is 1. The molecule has 128 valence electrons. The first-order valence-electron chi connectivity index (χ1n) is 7.76. The van der Waals surface area contributed by atoms with E-state index in [1.807, 2.05) is 26.0 Å². The highest BCUT2D eigenvalue weighted by Crippen LogP contribution is 2.17. The maximum atomic E-state index is 12.0.